The summed E-state index contributed by atoms with van der Waals surface area (Å²) in [5.41, 5.74) is 6.24. The molecule has 1 aliphatic rings. The third-order valence-electron chi connectivity index (χ3n) is 3.34. The van der Waals surface area contributed by atoms with Crippen LogP contribution in [0.15, 0.2) is 12.1 Å². The van der Waals surface area contributed by atoms with Crippen LogP contribution < -0.4 is 10.6 Å². The number of nitrogen functional groups attached to an aromatic ring is 1. The molecule has 1 fully saturated rings. The highest BCUT2D eigenvalue weighted by Gasteiger charge is 2.24. The molecular formula is C13H18F2N2O. The van der Waals surface area contributed by atoms with Crippen molar-refractivity contribution >= 4 is 11.4 Å². The van der Waals surface area contributed by atoms with Crippen molar-refractivity contribution in [2.24, 2.45) is 5.92 Å². The molecule has 1 aliphatic heterocycles. The van der Waals surface area contributed by atoms with Crippen molar-refractivity contribution < 1.29 is 13.5 Å². The predicted octanol–water partition coefficient (Wildman–Crippen LogP) is 2.41. The van der Waals surface area contributed by atoms with E-state index in [0.29, 0.717) is 25.6 Å². The molecule has 1 heterocycles. The van der Waals surface area contributed by atoms with Crippen LogP contribution in [0.5, 0.6) is 0 Å². The zero-order valence-electron chi connectivity index (χ0n) is 10.5. The molecule has 0 radical (unpaired) electrons. The molecule has 100 valence electrons. The van der Waals surface area contributed by atoms with Gasteiger partial charge < -0.3 is 15.4 Å². The van der Waals surface area contributed by atoms with Crippen LogP contribution in [0.3, 0.4) is 0 Å². The second-order valence-electron chi connectivity index (χ2n) is 4.71. The maximum atomic E-state index is 13.8. The van der Waals surface area contributed by atoms with Crippen LogP contribution in [-0.2, 0) is 4.74 Å². The SMILES string of the molecule is COCC1CCCN(c2c(N)ccc(F)c2F)C1. The lowest BCUT2D eigenvalue weighted by Gasteiger charge is -2.34. The Morgan fingerprint density at radius 3 is 2.94 bits per heavy atom. The molecule has 1 aromatic rings. The zero-order chi connectivity index (χ0) is 13.1. The molecule has 0 spiro atoms. The van der Waals surface area contributed by atoms with Crippen LogP contribution in [0.25, 0.3) is 0 Å². The van der Waals surface area contributed by atoms with E-state index in [1.807, 2.05) is 4.90 Å². The maximum absolute atomic E-state index is 13.8. The molecule has 2 N–H and O–H groups in total. The highest BCUT2D eigenvalue weighted by atomic mass is 19.2. The molecule has 5 heteroatoms. The van der Waals surface area contributed by atoms with Gasteiger partial charge in [-0.25, -0.2) is 8.78 Å². The number of benzene rings is 1. The first-order chi connectivity index (χ1) is 8.63. The lowest BCUT2D eigenvalue weighted by Crippen LogP contribution is -2.38. The number of rotatable bonds is 3. The number of nitrogens with zero attached hydrogens (tertiary/aromatic N) is 1. The molecular weight excluding hydrogens is 238 g/mol. The number of piperidine rings is 1. The van der Waals surface area contributed by atoms with E-state index in [9.17, 15) is 8.78 Å². The summed E-state index contributed by atoms with van der Waals surface area (Å²) in [6.45, 7) is 1.98. The van der Waals surface area contributed by atoms with E-state index in [1.54, 1.807) is 7.11 Å². The first-order valence-electron chi connectivity index (χ1n) is 6.11. The second-order valence-corrected chi connectivity index (χ2v) is 4.71. The molecule has 0 bridgehead atoms. The minimum Gasteiger partial charge on any atom is -0.397 e. The van der Waals surface area contributed by atoms with Gasteiger partial charge in [-0.1, -0.05) is 0 Å². The monoisotopic (exact) mass is 256 g/mol. The third kappa shape index (κ3) is 2.56. The van der Waals surface area contributed by atoms with Gasteiger partial charge in [-0.15, -0.1) is 0 Å². The second kappa shape index (κ2) is 5.52. The molecule has 0 saturated carbocycles. The molecule has 1 atom stereocenters. The van der Waals surface area contributed by atoms with Crippen molar-refractivity contribution in [2.75, 3.05) is 37.4 Å². The number of hydrogen-bond donors (Lipinski definition) is 1. The van der Waals surface area contributed by atoms with E-state index in [0.717, 1.165) is 18.9 Å². The van der Waals surface area contributed by atoms with Crippen molar-refractivity contribution in [2.45, 2.75) is 12.8 Å². The van der Waals surface area contributed by atoms with E-state index >= 15 is 0 Å². The van der Waals surface area contributed by atoms with Crippen LogP contribution in [0.2, 0.25) is 0 Å². The van der Waals surface area contributed by atoms with Gasteiger partial charge in [0, 0.05) is 20.2 Å². The highest BCUT2D eigenvalue weighted by Crippen LogP contribution is 2.32. The van der Waals surface area contributed by atoms with Crippen molar-refractivity contribution in [3.05, 3.63) is 23.8 Å². The fourth-order valence-electron chi connectivity index (χ4n) is 2.52. The number of hydrogen-bond acceptors (Lipinski definition) is 3. The summed E-state index contributed by atoms with van der Waals surface area (Å²) in [5.74, 6) is -1.37. The predicted molar refractivity (Wildman–Crippen MR) is 67.6 cm³/mol. The Kier molecular flexibility index (Phi) is 4.01. The molecule has 2 rings (SSSR count). The average Bonchev–Trinajstić information content (AvgIpc) is 2.35. The molecule has 3 nitrogen and oxygen atoms in total. The van der Waals surface area contributed by atoms with E-state index in [4.69, 9.17) is 10.5 Å². The van der Waals surface area contributed by atoms with Crippen LogP contribution in [-0.4, -0.2) is 26.8 Å². The standard InChI is InChI=1S/C13H18F2N2O/c1-18-8-9-3-2-6-17(7-9)13-11(16)5-4-10(14)12(13)15/h4-5,9H,2-3,6-8,16H2,1H3. The lowest BCUT2D eigenvalue weighted by molar-refractivity contribution is 0.143. The molecule has 1 unspecified atom stereocenters. The molecule has 0 aromatic heterocycles. The summed E-state index contributed by atoms with van der Waals surface area (Å²) in [6, 6.07) is 2.47. The Hall–Kier alpha value is -1.36. The van der Waals surface area contributed by atoms with E-state index in [1.165, 1.54) is 6.07 Å². The molecule has 0 aliphatic carbocycles. The van der Waals surface area contributed by atoms with Gasteiger partial charge in [0.25, 0.3) is 0 Å². The minimum atomic E-state index is -0.854. The van der Waals surface area contributed by atoms with Crippen LogP contribution in [0, 0.1) is 17.6 Å². The minimum absolute atomic E-state index is 0.191. The number of anilines is 2. The Morgan fingerprint density at radius 1 is 1.44 bits per heavy atom. The van der Waals surface area contributed by atoms with Crippen molar-refractivity contribution in [3.8, 4) is 0 Å². The highest BCUT2D eigenvalue weighted by molar-refractivity contribution is 5.68. The third-order valence-corrected chi connectivity index (χ3v) is 3.34. The summed E-state index contributed by atoms with van der Waals surface area (Å²) in [7, 11) is 1.65. The number of methoxy groups -OCH3 is 1. The van der Waals surface area contributed by atoms with Gasteiger partial charge >= 0.3 is 0 Å². The zero-order valence-corrected chi connectivity index (χ0v) is 10.5. The smallest absolute Gasteiger partial charge is 0.184 e. The quantitative estimate of drug-likeness (QED) is 0.844. The van der Waals surface area contributed by atoms with E-state index in [2.05, 4.69) is 0 Å². The first-order valence-corrected chi connectivity index (χ1v) is 6.11. The molecule has 1 saturated heterocycles. The lowest BCUT2D eigenvalue weighted by atomic mass is 9.98. The van der Waals surface area contributed by atoms with Gasteiger partial charge in [0.1, 0.15) is 0 Å². The fraction of sp³-hybridized carbons (Fsp3) is 0.538. The maximum Gasteiger partial charge on any atom is 0.184 e. The summed E-state index contributed by atoms with van der Waals surface area (Å²) < 4.78 is 32.2. The topological polar surface area (TPSA) is 38.5 Å². The summed E-state index contributed by atoms with van der Waals surface area (Å²) >= 11 is 0. The fourth-order valence-corrected chi connectivity index (χ4v) is 2.52. The average molecular weight is 256 g/mol. The van der Waals surface area contributed by atoms with Crippen LogP contribution in [0.4, 0.5) is 20.2 Å². The van der Waals surface area contributed by atoms with Crippen molar-refractivity contribution in [3.63, 3.8) is 0 Å². The largest absolute Gasteiger partial charge is 0.397 e. The van der Waals surface area contributed by atoms with Gasteiger partial charge in [0.2, 0.25) is 0 Å². The van der Waals surface area contributed by atoms with E-state index in [-0.39, 0.29) is 11.4 Å². The van der Waals surface area contributed by atoms with Gasteiger partial charge in [0.15, 0.2) is 11.6 Å². The summed E-state index contributed by atoms with van der Waals surface area (Å²) in [5, 5.41) is 0. The number of nitrogens with two attached hydrogens (primary N) is 1. The summed E-state index contributed by atoms with van der Waals surface area (Å²) in [4.78, 5) is 1.82. The first kappa shape index (κ1) is 13.1. The van der Waals surface area contributed by atoms with Gasteiger partial charge in [0.05, 0.1) is 18.0 Å². The number of ether oxygens (including phenoxy) is 1. The van der Waals surface area contributed by atoms with Crippen LogP contribution in [0.1, 0.15) is 12.8 Å². The molecule has 1 aromatic carbocycles. The molecule has 0 amide bonds. The Balaban J connectivity index is 2.23. The van der Waals surface area contributed by atoms with Crippen molar-refractivity contribution in [1.82, 2.24) is 0 Å². The van der Waals surface area contributed by atoms with E-state index < -0.39 is 11.6 Å². The summed E-state index contributed by atoms with van der Waals surface area (Å²) in [6.07, 6.45) is 1.98. The van der Waals surface area contributed by atoms with Crippen LogP contribution >= 0.6 is 0 Å². The Labute approximate surface area is 106 Å². The Bertz CT molecular complexity index is 424. The van der Waals surface area contributed by atoms with Gasteiger partial charge in [-0.2, -0.15) is 0 Å². The Morgan fingerprint density at radius 2 is 2.22 bits per heavy atom. The molecule has 18 heavy (non-hydrogen) atoms. The van der Waals surface area contributed by atoms with Gasteiger partial charge in [-0.05, 0) is 30.9 Å². The number of halogens is 2. The normalized spacial score (nSPS) is 20.2. The van der Waals surface area contributed by atoms with Crippen molar-refractivity contribution in [1.29, 1.82) is 0 Å². The van der Waals surface area contributed by atoms with Gasteiger partial charge in [-0.3, -0.25) is 0 Å².